The Bertz CT molecular complexity index is 1080. The van der Waals surface area contributed by atoms with Crippen LogP contribution in [0.25, 0.3) is 0 Å². The van der Waals surface area contributed by atoms with Crippen LogP contribution in [-0.4, -0.2) is 84.0 Å². The number of hydrogen-bond acceptors (Lipinski definition) is 9. The van der Waals surface area contributed by atoms with Crippen LogP contribution in [0.4, 0.5) is 0 Å². The second kappa shape index (κ2) is 13.6. The second-order valence-electron chi connectivity index (χ2n) is 11.6. The lowest BCUT2D eigenvalue weighted by Gasteiger charge is -2.38. The van der Waals surface area contributed by atoms with Gasteiger partial charge in [-0.1, -0.05) is 12.5 Å². The standard InChI is InChI=1S/C31H44O9/c1-17(12-25-30(36)28(34)21(16-39-25)15-26-31(40-26)18(2)19(3)32)24-14-20-13-22(9-10-23(20)29(24)35)38-11-7-5-6-8-27(33)37-4/h9-10,13,18-19,21,25-26,28,30-32,34,36H,5-8,11-12,14-16H2,1-4H3/b24-17+/t18-,19-,21-,25-,26-,28+,30-,31-/m0/s1. The van der Waals surface area contributed by atoms with Crippen molar-refractivity contribution in [2.45, 2.75) is 102 Å². The Morgan fingerprint density at radius 2 is 1.90 bits per heavy atom. The van der Waals surface area contributed by atoms with Crippen LogP contribution in [0.3, 0.4) is 0 Å². The van der Waals surface area contributed by atoms with Crippen LogP contribution in [0.5, 0.6) is 5.75 Å². The lowest BCUT2D eigenvalue weighted by Crippen LogP contribution is -2.50. The van der Waals surface area contributed by atoms with Crippen molar-refractivity contribution in [1.29, 1.82) is 0 Å². The zero-order valence-electron chi connectivity index (χ0n) is 24.0. The van der Waals surface area contributed by atoms with Gasteiger partial charge < -0.3 is 34.3 Å². The maximum atomic E-state index is 13.1. The number of methoxy groups -OCH3 is 1. The number of unbranched alkanes of at least 4 members (excludes halogenated alkanes) is 2. The van der Waals surface area contributed by atoms with Crippen molar-refractivity contribution in [2.24, 2.45) is 11.8 Å². The van der Waals surface area contributed by atoms with Crippen molar-refractivity contribution in [2.75, 3.05) is 20.3 Å². The summed E-state index contributed by atoms with van der Waals surface area (Å²) in [7, 11) is 1.39. The summed E-state index contributed by atoms with van der Waals surface area (Å²) >= 11 is 0. The molecule has 8 atom stereocenters. The Morgan fingerprint density at radius 1 is 1.12 bits per heavy atom. The maximum absolute atomic E-state index is 13.1. The van der Waals surface area contributed by atoms with Crippen molar-refractivity contribution in [3.63, 3.8) is 0 Å². The van der Waals surface area contributed by atoms with E-state index in [-0.39, 0.29) is 35.8 Å². The number of rotatable bonds is 13. The van der Waals surface area contributed by atoms with E-state index in [0.717, 1.165) is 30.4 Å². The second-order valence-corrected chi connectivity index (χ2v) is 11.6. The van der Waals surface area contributed by atoms with E-state index in [1.54, 1.807) is 13.0 Å². The Labute approximate surface area is 236 Å². The van der Waals surface area contributed by atoms with E-state index in [0.29, 0.717) is 55.8 Å². The first-order valence-corrected chi connectivity index (χ1v) is 14.5. The summed E-state index contributed by atoms with van der Waals surface area (Å²) < 4.78 is 22.2. The molecule has 0 amide bonds. The van der Waals surface area contributed by atoms with Gasteiger partial charge in [-0.2, -0.15) is 0 Å². The molecule has 0 radical (unpaired) electrons. The fourth-order valence-electron chi connectivity index (χ4n) is 5.78. The molecular formula is C31H44O9. The van der Waals surface area contributed by atoms with Gasteiger partial charge in [-0.15, -0.1) is 0 Å². The lowest BCUT2D eigenvalue weighted by atomic mass is 9.85. The summed E-state index contributed by atoms with van der Waals surface area (Å²) in [6, 6.07) is 5.52. The molecule has 40 heavy (non-hydrogen) atoms. The summed E-state index contributed by atoms with van der Waals surface area (Å²) in [6.45, 7) is 6.41. The van der Waals surface area contributed by atoms with Gasteiger partial charge in [0.2, 0.25) is 0 Å². The van der Waals surface area contributed by atoms with E-state index in [4.69, 9.17) is 14.2 Å². The molecule has 2 heterocycles. The van der Waals surface area contributed by atoms with E-state index in [1.165, 1.54) is 7.11 Å². The molecule has 2 fully saturated rings. The highest BCUT2D eigenvalue weighted by Crippen LogP contribution is 2.39. The highest BCUT2D eigenvalue weighted by atomic mass is 16.6. The predicted octanol–water partition coefficient (Wildman–Crippen LogP) is 3.16. The summed E-state index contributed by atoms with van der Waals surface area (Å²) in [5.74, 6) is 0.255. The molecule has 1 aromatic rings. The largest absolute Gasteiger partial charge is 0.494 e. The van der Waals surface area contributed by atoms with E-state index in [9.17, 15) is 24.9 Å². The fourth-order valence-corrected chi connectivity index (χ4v) is 5.78. The van der Waals surface area contributed by atoms with E-state index < -0.39 is 24.4 Å². The van der Waals surface area contributed by atoms with Gasteiger partial charge in [0.25, 0.3) is 0 Å². The number of Topliss-reactive ketones (excluding diaryl/α,β-unsaturated/α-hetero) is 1. The van der Waals surface area contributed by atoms with Gasteiger partial charge in [-0.05, 0) is 69.7 Å². The molecule has 1 aromatic carbocycles. The van der Waals surface area contributed by atoms with Crippen LogP contribution in [0.15, 0.2) is 29.3 Å². The number of epoxide rings is 1. The third kappa shape index (κ3) is 7.31. The van der Waals surface area contributed by atoms with Gasteiger partial charge in [-0.3, -0.25) is 9.59 Å². The fraction of sp³-hybridized carbons (Fsp3) is 0.677. The number of carbonyl (C=O) groups is 2. The van der Waals surface area contributed by atoms with Crippen LogP contribution in [0.1, 0.15) is 75.2 Å². The maximum Gasteiger partial charge on any atom is 0.305 e. The van der Waals surface area contributed by atoms with E-state index in [2.05, 4.69) is 4.74 Å². The topological polar surface area (TPSA) is 135 Å². The molecule has 9 nitrogen and oxygen atoms in total. The van der Waals surface area contributed by atoms with Crippen molar-refractivity contribution in [3.8, 4) is 5.75 Å². The minimum atomic E-state index is -1.06. The van der Waals surface area contributed by atoms with Crippen LogP contribution >= 0.6 is 0 Å². The normalized spacial score (nSPS) is 30.4. The van der Waals surface area contributed by atoms with Crippen LogP contribution < -0.4 is 4.74 Å². The van der Waals surface area contributed by atoms with Crippen LogP contribution in [-0.2, 0) is 25.4 Å². The number of aliphatic hydroxyl groups is 3. The minimum Gasteiger partial charge on any atom is -0.494 e. The summed E-state index contributed by atoms with van der Waals surface area (Å²) in [6.07, 6.45) is 1.13. The van der Waals surface area contributed by atoms with Gasteiger partial charge in [0.1, 0.15) is 11.9 Å². The van der Waals surface area contributed by atoms with Gasteiger partial charge in [-0.25, -0.2) is 0 Å². The number of ether oxygens (including phenoxy) is 4. The van der Waals surface area contributed by atoms with Gasteiger partial charge in [0.05, 0.1) is 50.8 Å². The monoisotopic (exact) mass is 560 g/mol. The van der Waals surface area contributed by atoms with Crippen molar-refractivity contribution in [1.82, 2.24) is 0 Å². The summed E-state index contributed by atoms with van der Waals surface area (Å²) in [4.78, 5) is 24.3. The summed E-state index contributed by atoms with van der Waals surface area (Å²) in [5.41, 5.74) is 3.12. The highest BCUT2D eigenvalue weighted by molar-refractivity contribution is 6.13. The van der Waals surface area contributed by atoms with Gasteiger partial charge >= 0.3 is 5.97 Å². The molecule has 0 unspecified atom stereocenters. The van der Waals surface area contributed by atoms with E-state index >= 15 is 0 Å². The van der Waals surface area contributed by atoms with Gasteiger partial charge in [0.15, 0.2) is 5.78 Å². The smallest absolute Gasteiger partial charge is 0.305 e. The van der Waals surface area contributed by atoms with Gasteiger partial charge in [0, 0.05) is 35.8 Å². The third-order valence-electron chi connectivity index (χ3n) is 8.68. The molecule has 2 aliphatic heterocycles. The van der Waals surface area contributed by atoms with Crippen LogP contribution in [0, 0.1) is 11.8 Å². The predicted molar refractivity (Wildman–Crippen MR) is 147 cm³/mol. The highest BCUT2D eigenvalue weighted by Gasteiger charge is 2.48. The SMILES string of the molecule is COC(=O)CCCCCOc1ccc2c(c1)C/C(=C(/C)C[C@@H]1OC[C@H](C[C@@H]3O[C@H]3[C@@H](C)[C@H](C)O)[C@@H](O)[C@H]1O)C2=O. The number of carbonyl (C=O) groups excluding carboxylic acids is 2. The molecule has 0 aromatic heterocycles. The zero-order valence-corrected chi connectivity index (χ0v) is 24.0. The molecule has 0 saturated carbocycles. The Balaban J connectivity index is 1.27. The number of aliphatic hydroxyl groups excluding tert-OH is 3. The Kier molecular flexibility index (Phi) is 10.4. The van der Waals surface area contributed by atoms with Crippen molar-refractivity contribution >= 4 is 11.8 Å². The lowest BCUT2D eigenvalue weighted by molar-refractivity contribution is -0.165. The van der Waals surface area contributed by atoms with Crippen LogP contribution in [0.2, 0.25) is 0 Å². The third-order valence-corrected chi connectivity index (χ3v) is 8.68. The number of allylic oxidation sites excluding steroid dienone is 1. The van der Waals surface area contributed by atoms with E-state index in [1.807, 2.05) is 26.0 Å². The average molecular weight is 561 g/mol. The molecule has 2 saturated heterocycles. The molecular weight excluding hydrogens is 516 g/mol. The summed E-state index contributed by atoms with van der Waals surface area (Å²) in [5, 5.41) is 31.5. The quantitative estimate of drug-likeness (QED) is 0.144. The molecule has 3 N–H and O–H groups in total. The molecule has 0 bridgehead atoms. The molecule has 222 valence electrons. The number of hydrogen-bond donors (Lipinski definition) is 3. The molecule has 4 rings (SSSR count). The average Bonchev–Trinajstić information content (AvgIpc) is 3.63. The first-order chi connectivity index (χ1) is 19.1. The first-order valence-electron chi connectivity index (χ1n) is 14.5. The molecule has 1 aliphatic carbocycles. The minimum absolute atomic E-state index is 0.0126. The molecule has 9 heteroatoms. The Hall–Kier alpha value is -2.30. The molecule has 0 spiro atoms. The molecule has 3 aliphatic rings. The number of fused-ring (bicyclic) bond motifs is 1. The number of ketones is 1. The first kappa shape index (κ1) is 30.7. The number of esters is 1. The zero-order chi connectivity index (χ0) is 29.0. The van der Waals surface area contributed by atoms with Crippen molar-refractivity contribution < 1.29 is 43.9 Å². The Morgan fingerprint density at radius 3 is 2.62 bits per heavy atom. The van der Waals surface area contributed by atoms with Crippen molar-refractivity contribution in [3.05, 3.63) is 40.5 Å². The number of benzene rings is 1.